The highest BCUT2D eigenvalue weighted by molar-refractivity contribution is 6.37. The first-order valence-electron chi connectivity index (χ1n) is 9.78. The van der Waals surface area contributed by atoms with Crippen molar-refractivity contribution in [2.75, 3.05) is 19.8 Å². The van der Waals surface area contributed by atoms with Gasteiger partial charge in [0.05, 0.1) is 19.8 Å². The normalized spacial score (nSPS) is 29.9. The lowest BCUT2D eigenvalue weighted by Crippen LogP contribution is -2.38. The van der Waals surface area contributed by atoms with E-state index in [1.807, 2.05) is 0 Å². The molecule has 0 spiro atoms. The summed E-state index contributed by atoms with van der Waals surface area (Å²) in [5, 5.41) is 87.4. The molecule has 3 aliphatic heterocycles. The Morgan fingerprint density at radius 1 is 0.694 bits per heavy atom. The van der Waals surface area contributed by atoms with Crippen LogP contribution < -0.4 is 0 Å². The molecule has 0 aromatic heterocycles. The van der Waals surface area contributed by atoms with Gasteiger partial charge in [0.15, 0.2) is 30.2 Å². The van der Waals surface area contributed by atoms with Gasteiger partial charge in [0, 0.05) is 0 Å². The van der Waals surface area contributed by atoms with Gasteiger partial charge in [-0.25, -0.2) is 14.4 Å². The number of ether oxygens (including phenoxy) is 3. The molecule has 8 atom stereocenters. The van der Waals surface area contributed by atoms with Crippen LogP contribution in [-0.4, -0.2) is 149 Å². The number of hydrogen-bond acceptors (Lipinski definition) is 18. The summed E-state index contributed by atoms with van der Waals surface area (Å²) in [5.74, 6) is -7.05. The summed E-state index contributed by atoms with van der Waals surface area (Å²) >= 11 is 0. The van der Waals surface area contributed by atoms with Crippen LogP contribution in [0.5, 0.6) is 0 Å². The summed E-state index contributed by atoms with van der Waals surface area (Å²) in [6.45, 7) is -2.05. The fraction of sp³-hybridized carbons (Fsp3) is 0.611. The first-order valence-corrected chi connectivity index (χ1v) is 9.78. The second-order valence-electron chi connectivity index (χ2n) is 7.15. The number of hydrogen-bond donors (Lipinski definition) is 10. The SMILES string of the molecule is O=C1OC(C(O)CO)C(=O)C1O.O=C1OC(C(O)CO)C(O)=C1O.O=C1OC(C(O)CO)C(O)C1=O. The fourth-order valence-corrected chi connectivity index (χ4v) is 2.62. The van der Waals surface area contributed by atoms with Gasteiger partial charge < -0.3 is 65.3 Å². The maximum absolute atomic E-state index is 10.8. The molecule has 0 bridgehead atoms. The average molecular weight is 528 g/mol. The Bertz CT molecular complexity index is 881. The third kappa shape index (κ3) is 6.92. The molecule has 2 saturated heterocycles. The molecule has 0 saturated carbocycles. The maximum atomic E-state index is 10.8. The number of aliphatic hydroxyl groups excluding tert-OH is 10. The van der Waals surface area contributed by atoms with Gasteiger partial charge in [-0.15, -0.1) is 0 Å². The predicted octanol–water partition coefficient (Wildman–Crippen LogP) is -7.02. The monoisotopic (exact) mass is 528 g/mol. The van der Waals surface area contributed by atoms with Crippen molar-refractivity contribution < 1.29 is 89.2 Å². The highest BCUT2D eigenvalue weighted by Gasteiger charge is 2.46. The van der Waals surface area contributed by atoms with E-state index in [-0.39, 0.29) is 0 Å². The van der Waals surface area contributed by atoms with Crippen LogP contribution in [0.1, 0.15) is 0 Å². The predicted molar refractivity (Wildman–Crippen MR) is 103 cm³/mol. The standard InChI is InChI=1S/3C6H8O6/c3*7-1-2(8)5-3(9)4(10)6(11)12-5/h2,5,7-10H,1H2;2,4-5,7-8,10H,1H2;2-3,5,7-9H,1H2. The quantitative estimate of drug-likeness (QED) is 0.0662. The zero-order valence-corrected chi connectivity index (χ0v) is 18.0. The van der Waals surface area contributed by atoms with Crippen molar-refractivity contribution >= 4 is 29.5 Å². The van der Waals surface area contributed by atoms with Crippen molar-refractivity contribution in [3.8, 4) is 0 Å². The van der Waals surface area contributed by atoms with Gasteiger partial charge in [-0.1, -0.05) is 0 Å². The molecule has 0 radical (unpaired) electrons. The van der Waals surface area contributed by atoms with Gasteiger partial charge in [-0.05, 0) is 0 Å². The Balaban J connectivity index is 0.000000270. The number of Topliss-reactive ketones (excluding diaryl/α,β-unsaturated/α-hetero) is 2. The maximum Gasteiger partial charge on any atom is 0.378 e. The molecule has 0 aromatic carbocycles. The van der Waals surface area contributed by atoms with Crippen molar-refractivity contribution in [2.24, 2.45) is 0 Å². The van der Waals surface area contributed by atoms with Gasteiger partial charge >= 0.3 is 17.9 Å². The fourth-order valence-electron chi connectivity index (χ4n) is 2.62. The van der Waals surface area contributed by atoms with Crippen molar-refractivity contribution in [3.05, 3.63) is 11.5 Å². The molecule has 3 aliphatic rings. The number of rotatable bonds is 6. The smallest absolute Gasteiger partial charge is 0.378 e. The summed E-state index contributed by atoms with van der Waals surface area (Å²) in [4.78, 5) is 53.0. The molecule has 10 N–H and O–H groups in total. The highest BCUT2D eigenvalue weighted by atomic mass is 16.6. The number of carbonyl (C=O) groups excluding carboxylic acids is 5. The summed E-state index contributed by atoms with van der Waals surface area (Å²) in [6, 6.07) is 0. The summed E-state index contributed by atoms with van der Waals surface area (Å²) in [5.41, 5.74) is 0. The van der Waals surface area contributed by atoms with E-state index in [4.69, 9.17) is 51.1 Å². The van der Waals surface area contributed by atoms with Crippen molar-refractivity contribution in [1.82, 2.24) is 0 Å². The van der Waals surface area contributed by atoms with E-state index in [9.17, 15) is 24.0 Å². The van der Waals surface area contributed by atoms with Gasteiger partial charge in [0.25, 0.3) is 5.78 Å². The van der Waals surface area contributed by atoms with E-state index in [2.05, 4.69) is 14.2 Å². The van der Waals surface area contributed by atoms with E-state index in [0.717, 1.165) is 0 Å². The van der Waals surface area contributed by atoms with Crippen LogP contribution in [-0.2, 0) is 38.2 Å². The molecule has 8 unspecified atom stereocenters. The molecule has 18 heteroatoms. The van der Waals surface area contributed by atoms with Crippen molar-refractivity contribution in [2.45, 2.75) is 48.8 Å². The Morgan fingerprint density at radius 2 is 1.19 bits per heavy atom. The van der Waals surface area contributed by atoms with Crippen molar-refractivity contribution in [3.63, 3.8) is 0 Å². The Morgan fingerprint density at radius 3 is 1.53 bits per heavy atom. The van der Waals surface area contributed by atoms with Gasteiger partial charge in [-0.2, -0.15) is 0 Å². The molecule has 18 nitrogen and oxygen atoms in total. The van der Waals surface area contributed by atoms with Crippen LogP contribution in [0.4, 0.5) is 0 Å². The molecule has 36 heavy (non-hydrogen) atoms. The Labute approximate surface area is 199 Å². The van der Waals surface area contributed by atoms with Crippen LogP contribution in [0, 0.1) is 0 Å². The molecule has 0 aromatic rings. The lowest BCUT2D eigenvalue weighted by atomic mass is 10.1. The largest absolute Gasteiger partial charge is 0.505 e. The van der Waals surface area contributed by atoms with Crippen LogP contribution >= 0.6 is 0 Å². The zero-order valence-electron chi connectivity index (χ0n) is 18.0. The summed E-state index contributed by atoms with van der Waals surface area (Å²) in [7, 11) is 0. The third-order valence-corrected chi connectivity index (χ3v) is 4.62. The second-order valence-corrected chi connectivity index (χ2v) is 7.15. The van der Waals surface area contributed by atoms with E-state index in [1.54, 1.807) is 0 Å². The number of esters is 3. The average Bonchev–Trinajstić information content (AvgIpc) is 3.40. The number of carbonyl (C=O) groups is 5. The zero-order chi connectivity index (χ0) is 27.9. The first-order chi connectivity index (χ1) is 16.7. The molecule has 0 amide bonds. The minimum atomic E-state index is -1.82. The lowest BCUT2D eigenvalue weighted by molar-refractivity contribution is -0.152. The minimum absolute atomic E-state index is 0.671. The highest BCUT2D eigenvalue weighted by Crippen LogP contribution is 2.21. The Kier molecular flexibility index (Phi) is 11.3. The van der Waals surface area contributed by atoms with Crippen molar-refractivity contribution in [1.29, 1.82) is 0 Å². The molecule has 0 aliphatic carbocycles. The first kappa shape index (κ1) is 30.8. The number of aliphatic hydroxyl groups is 10. The van der Waals surface area contributed by atoms with Crippen LogP contribution in [0.15, 0.2) is 11.5 Å². The van der Waals surface area contributed by atoms with E-state index >= 15 is 0 Å². The topological polar surface area (TPSA) is 315 Å². The third-order valence-electron chi connectivity index (χ3n) is 4.62. The van der Waals surface area contributed by atoms with Gasteiger partial charge in [0.1, 0.15) is 18.3 Å². The Hall–Kier alpha value is -3.23. The van der Waals surface area contributed by atoms with Gasteiger partial charge in [-0.3, -0.25) is 9.59 Å². The summed E-state index contributed by atoms with van der Waals surface area (Å²) < 4.78 is 12.9. The molecular weight excluding hydrogens is 504 g/mol. The minimum Gasteiger partial charge on any atom is -0.505 e. The van der Waals surface area contributed by atoms with Crippen LogP contribution in [0.2, 0.25) is 0 Å². The van der Waals surface area contributed by atoms with E-state index in [0.29, 0.717) is 0 Å². The number of cyclic esters (lactones) is 3. The number of ketones is 2. The van der Waals surface area contributed by atoms with Crippen LogP contribution in [0.3, 0.4) is 0 Å². The molecule has 2 fully saturated rings. The summed E-state index contributed by atoms with van der Waals surface area (Å²) in [6.07, 6.45) is -11.9. The lowest BCUT2D eigenvalue weighted by Gasteiger charge is -2.15. The molecule has 204 valence electrons. The molecule has 3 rings (SSSR count). The van der Waals surface area contributed by atoms with E-state index < -0.39 is 110 Å². The molecule has 3 heterocycles. The second kappa shape index (κ2) is 13.2. The van der Waals surface area contributed by atoms with Gasteiger partial charge in [0.2, 0.25) is 17.6 Å². The van der Waals surface area contributed by atoms with Crippen LogP contribution in [0.25, 0.3) is 0 Å². The molecular formula is C18H24O18. The van der Waals surface area contributed by atoms with E-state index in [1.165, 1.54) is 0 Å².